The van der Waals surface area contributed by atoms with Crippen LogP contribution in [0.3, 0.4) is 0 Å². The quantitative estimate of drug-likeness (QED) is 0.236. The van der Waals surface area contributed by atoms with Crippen molar-refractivity contribution < 1.29 is 33.8 Å². The largest absolute Gasteiger partial charge is 0.455 e. The molecule has 0 aliphatic carbocycles. The van der Waals surface area contributed by atoms with E-state index in [1.54, 1.807) is 24.0 Å². The SMILES string of the molecule is C=CCCC(=O)NC[C@@H](OC(=O)[C@@H]1[C@H]2C(=O)N([C@H](C)CO)[C@H](C(=O)N(CC=C)c3c(C)cccc3C)[C@]23CC[C@H]1O3)c1ccccc1. The zero-order chi connectivity index (χ0) is 33.9. The average molecular weight is 644 g/mol. The lowest BCUT2D eigenvalue weighted by Gasteiger charge is -2.39. The molecule has 3 saturated heterocycles. The number of hydrogen-bond donors (Lipinski definition) is 2. The van der Waals surface area contributed by atoms with E-state index in [0.29, 0.717) is 24.8 Å². The second-order valence-corrected chi connectivity index (χ2v) is 12.8. The van der Waals surface area contributed by atoms with Gasteiger partial charge in [-0.05, 0) is 56.7 Å². The number of aryl methyl sites for hydroxylation is 2. The van der Waals surface area contributed by atoms with Gasteiger partial charge in [-0.25, -0.2) is 0 Å². The maximum atomic E-state index is 14.8. The Balaban J connectivity index is 1.48. The van der Waals surface area contributed by atoms with Gasteiger partial charge in [0.2, 0.25) is 11.8 Å². The number of para-hydroxylation sites is 1. The van der Waals surface area contributed by atoms with Crippen LogP contribution in [-0.4, -0.2) is 77.2 Å². The number of amides is 3. The maximum absolute atomic E-state index is 14.8. The number of aliphatic hydroxyl groups is 1. The Hall–Kier alpha value is -4.28. The molecule has 5 rings (SSSR count). The van der Waals surface area contributed by atoms with Crippen LogP contribution in [0.25, 0.3) is 0 Å². The summed E-state index contributed by atoms with van der Waals surface area (Å²) in [6.45, 7) is 13.0. The van der Waals surface area contributed by atoms with Crippen molar-refractivity contribution >= 4 is 29.4 Å². The van der Waals surface area contributed by atoms with Crippen molar-refractivity contribution in [3.05, 3.63) is 90.5 Å². The Morgan fingerprint density at radius 2 is 1.83 bits per heavy atom. The lowest BCUT2D eigenvalue weighted by Crippen LogP contribution is -2.58. The van der Waals surface area contributed by atoms with Gasteiger partial charge in [0.25, 0.3) is 5.91 Å². The van der Waals surface area contributed by atoms with Gasteiger partial charge in [-0.15, -0.1) is 13.2 Å². The van der Waals surface area contributed by atoms with Crippen molar-refractivity contribution in [3.8, 4) is 0 Å². The number of rotatable bonds is 14. The minimum atomic E-state index is -1.27. The molecule has 3 aliphatic rings. The third-order valence-corrected chi connectivity index (χ3v) is 9.76. The number of nitrogens with one attached hydrogen (secondary N) is 1. The van der Waals surface area contributed by atoms with E-state index in [9.17, 15) is 24.3 Å². The zero-order valence-electron chi connectivity index (χ0n) is 27.4. The van der Waals surface area contributed by atoms with Crippen LogP contribution in [-0.2, 0) is 28.7 Å². The summed E-state index contributed by atoms with van der Waals surface area (Å²) in [5, 5.41) is 13.1. The van der Waals surface area contributed by atoms with Gasteiger partial charge in [-0.1, -0.05) is 60.7 Å². The van der Waals surface area contributed by atoms with Crippen LogP contribution in [0.1, 0.15) is 55.4 Å². The molecular formula is C37H45N3O7. The van der Waals surface area contributed by atoms with E-state index >= 15 is 0 Å². The number of nitrogens with zero attached hydrogens (tertiary/aromatic N) is 2. The summed E-state index contributed by atoms with van der Waals surface area (Å²) < 4.78 is 12.7. The van der Waals surface area contributed by atoms with Crippen molar-refractivity contribution in [2.24, 2.45) is 11.8 Å². The van der Waals surface area contributed by atoms with Crippen molar-refractivity contribution in [2.75, 3.05) is 24.6 Å². The van der Waals surface area contributed by atoms with Gasteiger partial charge >= 0.3 is 5.97 Å². The lowest BCUT2D eigenvalue weighted by atomic mass is 9.70. The predicted molar refractivity (Wildman–Crippen MR) is 177 cm³/mol. The molecule has 10 nitrogen and oxygen atoms in total. The molecule has 3 amide bonds. The molecular weight excluding hydrogens is 598 g/mol. The number of hydrogen-bond acceptors (Lipinski definition) is 7. The number of benzene rings is 2. The molecule has 3 aliphatic heterocycles. The Morgan fingerprint density at radius 3 is 2.47 bits per heavy atom. The summed E-state index contributed by atoms with van der Waals surface area (Å²) in [5.41, 5.74) is 1.93. The smallest absolute Gasteiger partial charge is 0.313 e. The molecule has 3 heterocycles. The summed E-state index contributed by atoms with van der Waals surface area (Å²) in [6, 6.07) is 13.1. The van der Waals surface area contributed by atoms with Crippen LogP contribution >= 0.6 is 0 Å². The Labute approximate surface area is 276 Å². The first-order valence-electron chi connectivity index (χ1n) is 16.3. The number of anilines is 1. The Bertz CT molecular complexity index is 1510. The van der Waals surface area contributed by atoms with Crippen molar-refractivity contribution in [2.45, 2.75) is 76.3 Å². The van der Waals surface area contributed by atoms with Gasteiger partial charge < -0.3 is 29.7 Å². The van der Waals surface area contributed by atoms with Gasteiger partial charge in [-0.3, -0.25) is 19.2 Å². The van der Waals surface area contributed by atoms with Crippen molar-refractivity contribution in [3.63, 3.8) is 0 Å². The summed E-state index contributed by atoms with van der Waals surface area (Å²) in [7, 11) is 0. The molecule has 0 unspecified atom stereocenters. The van der Waals surface area contributed by atoms with Gasteiger partial charge in [0, 0.05) is 18.7 Å². The van der Waals surface area contributed by atoms with Crippen molar-refractivity contribution in [1.82, 2.24) is 10.2 Å². The molecule has 2 aromatic carbocycles. The highest BCUT2D eigenvalue weighted by Crippen LogP contribution is 2.59. The van der Waals surface area contributed by atoms with Crippen LogP contribution in [0.15, 0.2) is 73.8 Å². The number of ether oxygens (including phenoxy) is 2. The van der Waals surface area contributed by atoms with E-state index in [-0.39, 0.29) is 37.9 Å². The second kappa shape index (κ2) is 14.2. The van der Waals surface area contributed by atoms with E-state index in [1.165, 1.54) is 4.90 Å². The van der Waals surface area contributed by atoms with Crippen molar-refractivity contribution in [1.29, 1.82) is 0 Å². The summed E-state index contributed by atoms with van der Waals surface area (Å²) in [6.07, 6.45) is 3.52. The molecule has 1 spiro atoms. The third-order valence-electron chi connectivity index (χ3n) is 9.76. The Kier molecular flexibility index (Phi) is 10.3. The number of aliphatic hydroxyl groups excluding tert-OH is 1. The van der Waals surface area contributed by atoms with E-state index in [0.717, 1.165) is 16.8 Å². The lowest BCUT2D eigenvalue weighted by molar-refractivity contribution is -0.161. The minimum absolute atomic E-state index is 0.0504. The summed E-state index contributed by atoms with van der Waals surface area (Å²) >= 11 is 0. The topological polar surface area (TPSA) is 125 Å². The first kappa shape index (κ1) is 34.1. The Morgan fingerprint density at radius 1 is 1.13 bits per heavy atom. The maximum Gasteiger partial charge on any atom is 0.313 e. The number of esters is 1. The third kappa shape index (κ3) is 6.24. The standard InChI is InChI=1S/C37H45N3O7/c1-6-8-17-29(42)38-21-28(26-15-10-9-11-16-26)46-36(45)30-27-18-19-37(47-27)31(30)34(43)40(25(5)22-41)33(37)35(44)39(20-7-2)32-23(3)13-12-14-24(32)4/h6-7,9-16,25,27-28,30-31,33,41H,1-2,8,17-22H2,3-5H3,(H,38,42)/t25-,27-,28-,30+,31+,33-,37+/m1/s1. The normalized spacial score (nSPS) is 25.5. The average Bonchev–Trinajstić information content (AvgIpc) is 3.72. The predicted octanol–water partition coefficient (Wildman–Crippen LogP) is 3.94. The monoisotopic (exact) mass is 643 g/mol. The molecule has 3 fully saturated rings. The van der Waals surface area contributed by atoms with Gasteiger partial charge in [0.05, 0.1) is 37.1 Å². The van der Waals surface area contributed by atoms with Crippen LogP contribution in [0, 0.1) is 25.7 Å². The number of allylic oxidation sites excluding steroid dienone is 1. The number of carbonyl (C=O) groups excluding carboxylic acids is 4. The van der Waals surface area contributed by atoms with E-state index in [4.69, 9.17) is 9.47 Å². The number of fused-ring (bicyclic) bond motifs is 1. The molecule has 47 heavy (non-hydrogen) atoms. The fourth-order valence-corrected chi connectivity index (χ4v) is 7.64. The fourth-order valence-electron chi connectivity index (χ4n) is 7.64. The molecule has 0 aromatic heterocycles. The van der Waals surface area contributed by atoms with E-state index < -0.39 is 53.6 Å². The molecule has 2 aromatic rings. The minimum Gasteiger partial charge on any atom is -0.455 e. The molecule has 250 valence electrons. The number of likely N-dealkylation sites (tertiary alicyclic amines) is 1. The first-order valence-corrected chi connectivity index (χ1v) is 16.3. The zero-order valence-corrected chi connectivity index (χ0v) is 27.4. The van der Waals surface area contributed by atoms with Gasteiger partial charge in [0.1, 0.15) is 17.7 Å². The molecule has 2 N–H and O–H groups in total. The van der Waals surface area contributed by atoms with Gasteiger partial charge in [-0.2, -0.15) is 0 Å². The van der Waals surface area contributed by atoms with Crippen LogP contribution < -0.4 is 10.2 Å². The van der Waals surface area contributed by atoms with Crippen LogP contribution in [0.4, 0.5) is 5.69 Å². The molecule has 10 heteroatoms. The fraction of sp³-hybridized carbons (Fsp3) is 0.459. The molecule has 7 atom stereocenters. The molecule has 2 bridgehead atoms. The van der Waals surface area contributed by atoms with Crippen LogP contribution in [0.5, 0.6) is 0 Å². The summed E-state index contributed by atoms with van der Waals surface area (Å²) in [4.78, 5) is 58.8. The summed E-state index contributed by atoms with van der Waals surface area (Å²) in [5.74, 6) is -3.51. The highest BCUT2D eigenvalue weighted by molar-refractivity contribution is 6.05. The molecule has 0 radical (unpaired) electrons. The van der Waals surface area contributed by atoms with E-state index in [1.807, 2.05) is 62.4 Å². The highest BCUT2D eigenvalue weighted by Gasteiger charge is 2.75. The second-order valence-electron chi connectivity index (χ2n) is 12.8. The molecule has 0 saturated carbocycles. The van der Waals surface area contributed by atoms with E-state index in [2.05, 4.69) is 18.5 Å². The van der Waals surface area contributed by atoms with Gasteiger partial charge in [0.15, 0.2) is 0 Å². The number of carbonyl (C=O) groups is 4. The van der Waals surface area contributed by atoms with Crippen LogP contribution in [0.2, 0.25) is 0 Å². The highest BCUT2D eigenvalue weighted by atomic mass is 16.6. The first-order chi connectivity index (χ1) is 22.6.